The number of nitrogens with one attached hydrogen (secondary N) is 2. The van der Waals surface area contributed by atoms with E-state index in [0.29, 0.717) is 12.4 Å². The van der Waals surface area contributed by atoms with Gasteiger partial charge >= 0.3 is 0 Å². The maximum absolute atomic E-state index is 12.6. The number of methoxy groups -OCH3 is 1. The predicted octanol–water partition coefficient (Wildman–Crippen LogP) is 5.23. The first-order valence-electron chi connectivity index (χ1n) is 9.49. The van der Waals surface area contributed by atoms with Crippen LogP contribution in [0.25, 0.3) is 0 Å². The molecule has 28 heavy (non-hydrogen) atoms. The zero-order chi connectivity index (χ0) is 20.7. The first-order chi connectivity index (χ1) is 13.3. The van der Waals surface area contributed by atoms with Crippen molar-refractivity contribution in [3.8, 4) is 11.5 Å². The van der Waals surface area contributed by atoms with Gasteiger partial charge in [-0.15, -0.1) is 0 Å². The first kappa shape index (κ1) is 22.2. The van der Waals surface area contributed by atoms with Crippen molar-refractivity contribution >= 4 is 27.5 Å². The van der Waals surface area contributed by atoms with Crippen molar-refractivity contribution in [3.05, 3.63) is 52.0 Å². The summed E-state index contributed by atoms with van der Waals surface area (Å²) >= 11 is 3.49. The van der Waals surface area contributed by atoms with E-state index in [4.69, 9.17) is 9.47 Å². The molecule has 0 aliphatic rings. The number of aryl methyl sites for hydroxylation is 1. The molecule has 152 valence electrons. The standard InChI is InChI=1S/C22H29BrN2O3/c1-6-11-28-20-10-8-17(13-21(20)27-5)15(3)24-16(4)22(26)25-19-9-7-14(2)12-18(19)23/h7-10,12-13,15-16,24H,6,11H2,1-5H3,(H,25,26). The van der Waals surface area contributed by atoms with Crippen molar-refractivity contribution in [3.63, 3.8) is 0 Å². The molecule has 0 saturated carbocycles. The van der Waals surface area contributed by atoms with Crippen LogP contribution < -0.4 is 20.1 Å². The highest BCUT2D eigenvalue weighted by Crippen LogP contribution is 2.30. The summed E-state index contributed by atoms with van der Waals surface area (Å²) in [6.45, 7) is 8.59. The lowest BCUT2D eigenvalue weighted by Crippen LogP contribution is -2.39. The van der Waals surface area contributed by atoms with E-state index >= 15 is 0 Å². The van der Waals surface area contributed by atoms with Crippen LogP contribution in [0.15, 0.2) is 40.9 Å². The van der Waals surface area contributed by atoms with Crippen LogP contribution in [0.5, 0.6) is 11.5 Å². The van der Waals surface area contributed by atoms with Gasteiger partial charge in [0.05, 0.1) is 25.4 Å². The van der Waals surface area contributed by atoms with Crippen LogP contribution in [0.2, 0.25) is 0 Å². The topological polar surface area (TPSA) is 59.6 Å². The number of hydrogen-bond donors (Lipinski definition) is 2. The number of carbonyl (C=O) groups is 1. The third-order valence-electron chi connectivity index (χ3n) is 4.43. The molecule has 0 radical (unpaired) electrons. The van der Waals surface area contributed by atoms with E-state index < -0.39 is 0 Å². The van der Waals surface area contributed by atoms with Crippen molar-refractivity contribution in [1.29, 1.82) is 0 Å². The van der Waals surface area contributed by atoms with Gasteiger partial charge in [-0.1, -0.05) is 19.1 Å². The molecule has 0 aliphatic heterocycles. The molecule has 2 atom stereocenters. The van der Waals surface area contributed by atoms with E-state index in [1.54, 1.807) is 7.11 Å². The first-order valence-corrected chi connectivity index (χ1v) is 10.3. The van der Waals surface area contributed by atoms with Gasteiger partial charge in [-0.25, -0.2) is 0 Å². The lowest BCUT2D eigenvalue weighted by Gasteiger charge is -2.21. The van der Waals surface area contributed by atoms with Crippen LogP contribution in [0.4, 0.5) is 5.69 Å². The van der Waals surface area contributed by atoms with E-state index in [9.17, 15) is 4.79 Å². The quantitative estimate of drug-likeness (QED) is 0.550. The van der Waals surface area contributed by atoms with Gasteiger partial charge in [0.2, 0.25) is 5.91 Å². The third-order valence-corrected chi connectivity index (χ3v) is 5.08. The Kier molecular flexibility index (Phi) is 8.33. The van der Waals surface area contributed by atoms with Gasteiger partial charge in [0, 0.05) is 10.5 Å². The summed E-state index contributed by atoms with van der Waals surface area (Å²) in [5.41, 5.74) is 2.91. The molecule has 2 N–H and O–H groups in total. The van der Waals surface area contributed by atoms with E-state index in [1.807, 2.05) is 57.2 Å². The van der Waals surface area contributed by atoms with Crippen LogP contribution in [-0.2, 0) is 4.79 Å². The van der Waals surface area contributed by atoms with Crippen LogP contribution in [0.3, 0.4) is 0 Å². The molecule has 2 aromatic carbocycles. The summed E-state index contributed by atoms with van der Waals surface area (Å²) in [6, 6.07) is 11.3. The molecule has 2 rings (SSSR count). The molecule has 0 bridgehead atoms. The Labute approximate surface area is 175 Å². The Morgan fingerprint density at radius 3 is 2.54 bits per heavy atom. The monoisotopic (exact) mass is 448 g/mol. The lowest BCUT2D eigenvalue weighted by molar-refractivity contribution is -0.117. The maximum Gasteiger partial charge on any atom is 0.241 e. The molecule has 0 heterocycles. The van der Waals surface area contributed by atoms with Gasteiger partial charge in [0.1, 0.15) is 0 Å². The SMILES string of the molecule is CCCOc1ccc(C(C)NC(C)C(=O)Nc2ccc(C)cc2Br)cc1OC. The van der Waals surface area contributed by atoms with Gasteiger partial charge in [-0.3, -0.25) is 10.1 Å². The van der Waals surface area contributed by atoms with E-state index in [0.717, 1.165) is 33.5 Å². The van der Waals surface area contributed by atoms with Gasteiger partial charge < -0.3 is 14.8 Å². The summed E-state index contributed by atoms with van der Waals surface area (Å²) in [4.78, 5) is 12.6. The molecular weight excluding hydrogens is 420 g/mol. The largest absolute Gasteiger partial charge is 0.493 e. The third kappa shape index (κ3) is 5.97. The molecule has 0 spiro atoms. The molecule has 0 saturated heterocycles. The second kappa shape index (κ2) is 10.5. The Morgan fingerprint density at radius 2 is 1.89 bits per heavy atom. The Bertz CT molecular complexity index is 810. The molecule has 0 aromatic heterocycles. The number of hydrogen-bond acceptors (Lipinski definition) is 4. The number of amides is 1. The minimum absolute atomic E-state index is 0.0312. The second-order valence-electron chi connectivity index (χ2n) is 6.84. The van der Waals surface area contributed by atoms with Crippen molar-refractivity contribution in [2.75, 3.05) is 19.0 Å². The Balaban J connectivity index is 2.02. The van der Waals surface area contributed by atoms with E-state index in [1.165, 1.54) is 0 Å². The molecule has 0 fully saturated rings. The molecule has 1 amide bonds. The number of ether oxygens (including phenoxy) is 2. The fourth-order valence-electron chi connectivity index (χ4n) is 2.79. The smallest absolute Gasteiger partial charge is 0.241 e. The summed E-state index contributed by atoms with van der Waals surface area (Å²) in [7, 11) is 1.63. The lowest BCUT2D eigenvalue weighted by atomic mass is 10.1. The summed E-state index contributed by atoms with van der Waals surface area (Å²) in [6.07, 6.45) is 0.937. The summed E-state index contributed by atoms with van der Waals surface area (Å²) in [5, 5.41) is 6.29. The zero-order valence-corrected chi connectivity index (χ0v) is 18.7. The van der Waals surface area contributed by atoms with Crippen LogP contribution in [0.1, 0.15) is 44.4 Å². The molecule has 2 unspecified atom stereocenters. The highest BCUT2D eigenvalue weighted by atomic mass is 79.9. The fourth-order valence-corrected chi connectivity index (χ4v) is 3.39. The minimum atomic E-state index is -0.370. The zero-order valence-electron chi connectivity index (χ0n) is 17.1. The van der Waals surface area contributed by atoms with Crippen molar-refractivity contribution in [2.24, 2.45) is 0 Å². The predicted molar refractivity (Wildman–Crippen MR) is 117 cm³/mol. The van der Waals surface area contributed by atoms with Crippen molar-refractivity contribution in [1.82, 2.24) is 5.32 Å². The van der Waals surface area contributed by atoms with Crippen LogP contribution in [-0.4, -0.2) is 25.7 Å². The number of carbonyl (C=O) groups excluding carboxylic acids is 1. The number of benzene rings is 2. The minimum Gasteiger partial charge on any atom is -0.493 e. The molecule has 6 heteroatoms. The second-order valence-corrected chi connectivity index (χ2v) is 7.70. The highest BCUT2D eigenvalue weighted by molar-refractivity contribution is 9.10. The van der Waals surface area contributed by atoms with E-state index in [2.05, 4.69) is 33.5 Å². The van der Waals surface area contributed by atoms with Crippen molar-refractivity contribution in [2.45, 2.75) is 46.2 Å². The number of halogens is 1. The normalized spacial score (nSPS) is 12.9. The van der Waals surface area contributed by atoms with Crippen LogP contribution >= 0.6 is 15.9 Å². The summed E-state index contributed by atoms with van der Waals surface area (Å²) < 4.78 is 12.0. The van der Waals surface area contributed by atoms with Gasteiger partial charge in [-0.2, -0.15) is 0 Å². The summed E-state index contributed by atoms with van der Waals surface area (Å²) in [5.74, 6) is 1.34. The average Bonchev–Trinajstić information content (AvgIpc) is 2.68. The van der Waals surface area contributed by atoms with Gasteiger partial charge in [0.25, 0.3) is 0 Å². The van der Waals surface area contributed by atoms with Gasteiger partial charge in [0.15, 0.2) is 11.5 Å². The molecule has 0 aliphatic carbocycles. The highest BCUT2D eigenvalue weighted by Gasteiger charge is 2.18. The number of anilines is 1. The number of rotatable bonds is 9. The Morgan fingerprint density at radius 1 is 1.14 bits per heavy atom. The van der Waals surface area contributed by atoms with E-state index in [-0.39, 0.29) is 18.0 Å². The maximum atomic E-state index is 12.6. The van der Waals surface area contributed by atoms with Crippen molar-refractivity contribution < 1.29 is 14.3 Å². The van der Waals surface area contributed by atoms with Gasteiger partial charge in [-0.05, 0) is 78.5 Å². The fraction of sp³-hybridized carbons (Fsp3) is 0.409. The average molecular weight is 449 g/mol. The molecule has 5 nitrogen and oxygen atoms in total. The molecular formula is C22H29BrN2O3. The van der Waals surface area contributed by atoms with Crippen LogP contribution in [0, 0.1) is 6.92 Å². The molecule has 2 aromatic rings. The Hall–Kier alpha value is -2.05.